The first kappa shape index (κ1) is 21.1. The second-order valence-electron chi connectivity index (χ2n) is 6.00. The van der Waals surface area contributed by atoms with E-state index in [0.29, 0.717) is 22.8 Å². The van der Waals surface area contributed by atoms with Gasteiger partial charge in [0, 0.05) is 34.8 Å². The van der Waals surface area contributed by atoms with E-state index >= 15 is 0 Å². The largest absolute Gasteiger partial charge is 1.00 e. The molecular formula is C19H14BrClN4O3S. The third-order valence-corrected chi connectivity index (χ3v) is 5.10. The van der Waals surface area contributed by atoms with Crippen LogP contribution in [0.1, 0.15) is 5.69 Å². The fraction of sp³-hybridized carbons (Fsp3) is 0.0526. The lowest BCUT2D eigenvalue weighted by Gasteiger charge is -2.00. The van der Waals surface area contributed by atoms with Crippen molar-refractivity contribution in [2.45, 2.75) is 6.92 Å². The van der Waals surface area contributed by atoms with Crippen molar-refractivity contribution in [2.24, 2.45) is 0 Å². The molecule has 0 aliphatic carbocycles. The van der Waals surface area contributed by atoms with Crippen molar-refractivity contribution in [3.05, 3.63) is 74.7 Å². The average Bonchev–Trinajstić information content (AvgIpc) is 3.31. The van der Waals surface area contributed by atoms with Crippen molar-refractivity contribution >= 4 is 39.6 Å². The van der Waals surface area contributed by atoms with Crippen molar-refractivity contribution < 1.29 is 31.6 Å². The highest BCUT2D eigenvalue weighted by molar-refractivity contribution is 7.13. The van der Waals surface area contributed by atoms with Crippen LogP contribution in [0.25, 0.3) is 22.8 Å². The lowest BCUT2D eigenvalue weighted by atomic mass is 10.1. The number of aromatic nitrogens is 2. The van der Waals surface area contributed by atoms with Crippen LogP contribution in [0.15, 0.2) is 58.3 Å². The van der Waals surface area contributed by atoms with Crippen LogP contribution in [0.2, 0.25) is 5.02 Å². The van der Waals surface area contributed by atoms with Crippen molar-refractivity contribution in [3.63, 3.8) is 0 Å². The molecule has 29 heavy (non-hydrogen) atoms. The van der Waals surface area contributed by atoms with Gasteiger partial charge in [0.2, 0.25) is 5.82 Å². The Balaban J connectivity index is 0.00000240. The van der Waals surface area contributed by atoms with Gasteiger partial charge in [0.25, 0.3) is 10.8 Å². The van der Waals surface area contributed by atoms with E-state index in [1.807, 2.05) is 35.8 Å². The number of nitrogens with two attached hydrogens (primary N) is 1. The molecule has 7 nitrogen and oxygen atoms in total. The van der Waals surface area contributed by atoms with E-state index in [2.05, 4.69) is 9.97 Å². The van der Waals surface area contributed by atoms with Gasteiger partial charge in [-0.2, -0.15) is 4.98 Å². The Bertz CT molecular complexity index is 1180. The van der Waals surface area contributed by atoms with Gasteiger partial charge in [0.1, 0.15) is 11.5 Å². The van der Waals surface area contributed by atoms with E-state index < -0.39 is 4.92 Å². The molecule has 0 spiro atoms. The van der Waals surface area contributed by atoms with Crippen LogP contribution < -0.4 is 22.3 Å². The number of furan rings is 1. The lowest BCUT2D eigenvalue weighted by molar-refractivity contribution is -0.482. The maximum atomic E-state index is 10.9. The number of halogens is 2. The number of aryl methyl sites for hydroxylation is 1. The Kier molecular flexibility index (Phi) is 6.43. The van der Waals surface area contributed by atoms with Crippen molar-refractivity contribution in [1.82, 2.24) is 9.97 Å². The normalized spacial score (nSPS) is 10.6. The van der Waals surface area contributed by atoms with Crippen LogP contribution in [0.3, 0.4) is 0 Å². The molecule has 0 radical (unpaired) electrons. The summed E-state index contributed by atoms with van der Waals surface area (Å²) in [6.07, 6.45) is 0. The highest BCUT2D eigenvalue weighted by atomic mass is 79.9. The zero-order chi connectivity index (χ0) is 19.7. The Morgan fingerprint density at radius 1 is 1.14 bits per heavy atom. The lowest BCUT2D eigenvalue weighted by Crippen LogP contribution is -3.00. The first-order chi connectivity index (χ1) is 13.5. The fourth-order valence-electron chi connectivity index (χ4n) is 2.68. The number of non-ortho nitro benzene ring substituents is 1. The average molecular weight is 494 g/mol. The van der Waals surface area contributed by atoms with E-state index in [9.17, 15) is 10.1 Å². The molecule has 2 N–H and O–H groups in total. The molecular weight excluding hydrogens is 480 g/mol. The molecule has 0 saturated heterocycles. The SMILES string of the molecule is Cc1cccc([NH2+]c2nc(-c3ccc(-c4ccc([N+](=O)[O-])cc4Cl)o3)cs2)n1.[Br-]. The monoisotopic (exact) mass is 492 g/mol. The smallest absolute Gasteiger partial charge is 0.289 e. The molecule has 0 aliphatic heterocycles. The molecule has 0 saturated carbocycles. The number of nitrogens with zero attached hydrogens (tertiary/aromatic N) is 3. The minimum atomic E-state index is -0.486. The summed E-state index contributed by atoms with van der Waals surface area (Å²) >= 11 is 7.67. The third-order valence-electron chi connectivity index (χ3n) is 3.99. The van der Waals surface area contributed by atoms with E-state index in [1.165, 1.54) is 23.5 Å². The van der Waals surface area contributed by atoms with Crippen molar-refractivity contribution in [1.29, 1.82) is 0 Å². The van der Waals surface area contributed by atoms with Gasteiger partial charge in [-0.05, 0) is 31.2 Å². The third kappa shape index (κ3) is 4.70. The molecule has 10 heteroatoms. The fourth-order valence-corrected chi connectivity index (χ4v) is 3.68. The summed E-state index contributed by atoms with van der Waals surface area (Å²) < 4.78 is 5.88. The summed E-state index contributed by atoms with van der Waals surface area (Å²) in [6.45, 7) is 1.94. The number of thiazole rings is 1. The van der Waals surface area contributed by atoms with E-state index in [4.69, 9.17) is 16.0 Å². The van der Waals surface area contributed by atoms with Crippen LogP contribution in [0.4, 0.5) is 16.6 Å². The molecule has 3 heterocycles. The Labute approximate surface area is 185 Å². The number of hydrogen-bond acceptors (Lipinski definition) is 6. The van der Waals surface area contributed by atoms with Gasteiger partial charge >= 0.3 is 0 Å². The number of nitro benzene ring substituents is 1. The van der Waals surface area contributed by atoms with Crippen LogP contribution in [0.5, 0.6) is 0 Å². The molecule has 0 aliphatic rings. The first-order valence-electron chi connectivity index (χ1n) is 8.28. The molecule has 4 rings (SSSR count). The number of pyridine rings is 1. The standard InChI is InChI=1S/C19H13ClN4O3S.BrH/c1-11-3-2-4-18(21-11)23-19-22-15(10-28-19)17-8-7-16(27-17)13-6-5-12(24(25)26)9-14(13)20;/h2-10H,1H3,(H,21,22,23);1H. The molecule has 0 unspecified atom stereocenters. The summed E-state index contributed by atoms with van der Waals surface area (Å²) in [5.41, 5.74) is 2.17. The van der Waals surface area contributed by atoms with Crippen LogP contribution in [-0.4, -0.2) is 14.9 Å². The highest BCUT2D eigenvalue weighted by Gasteiger charge is 2.16. The molecule has 1 aromatic carbocycles. The summed E-state index contributed by atoms with van der Waals surface area (Å²) in [7, 11) is 0. The van der Waals surface area contributed by atoms with Gasteiger partial charge in [-0.3, -0.25) is 10.1 Å². The van der Waals surface area contributed by atoms with Crippen LogP contribution >= 0.6 is 22.9 Å². The van der Waals surface area contributed by atoms with E-state index in [1.54, 1.807) is 18.2 Å². The second-order valence-corrected chi connectivity index (χ2v) is 7.30. The van der Waals surface area contributed by atoms with Crippen LogP contribution in [-0.2, 0) is 0 Å². The summed E-state index contributed by atoms with van der Waals surface area (Å²) in [4.78, 5) is 19.4. The van der Waals surface area contributed by atoms with Gasteiger partial charge in [0.15, 0.2) is 5.76 Å². The Hall–Kier alpha value is -2.59. The zero-order valence-electron chi connectivity index (χ0n) is 15.0. The number of rotatable bonds is 5. The predicted octanol–water partition coefficient (Wildman–Crippen LogP) is 1.87. The highest BCUT2D eigenvalue weighted by Crippen LogP contribution is 2.35. The van der Waals surface area contributed by atoms with Gasteiger partial charge < -0.3 is 21.4 Å². The Morgan fingerprint density at radius 3 is 2.66 bits per heavy atom. The quantitative estimate of drug-likeness (QED) is 0.338. The second kappa shape index (κ2) is 8.83. The number of nitro groups is 1. The first-order valence-corrected chi connectivity index (χ1v) is 9.54. The van der Waals surface area contributed by atoms with Crippen LogP contribution in [0, 0.1) is 17.0 Å². The summed E-state index contributed by atoms with van der Waals surface area (Å²) in [6, 6.07) is 13.7. The van der Waals surface area contributed by atoms with Gasteiger partial charge in [-0.15, -0.1) is 0 Å². The van der Waals surface area contributed by atoms with Gasteiger partial charge in [0.05, 0.1) is 9.95 Å². The van der Waals surface area contributed by atoms with Crippen molar-refractivity contribution in [2.75, 3.05) is 0 Å². The maximum Gasteiger partial charge on any atom is 0.289 e. The van der Waals surface area contributed by atoms with Gasteiger partial charge in [-0.25, -0.2) is 10.3 Å². The Morgan fingerprint density at radius 2 is 1.93 bits per heavy atom. The minimum absolute atomic E-state index is 0. The minimum Gasteiger partial charge on any atom is -1.00 e. The van der Waals surface area contributed by atoms with E-state index in [0.717, 1.165) is 16.6 Å². The van der Waals surface area contributed by atoms with Gasteiger partial charge in [-0.1, -0.05) is 29.0 Å². The summed E-state index contributed by atoms with van der Waals surface area (Å²) in [5.74, 6) is 1.96. The number of hydrogen-bond donors (Lipinski definition) is 1. The molecule has 0 bridgehead atoms. The topological polar surface area (TPSA) is 98.7 Å². The van der Waals surface area contributed by atoms with Crippen molar-refractivity contribution in [3.8, 4) is 22.8 Å². The summed E-state index contributed by atoms with van der Waals surface area (Å²) in [5, 5.41) is 15.7. The zero-order valence-corrected chi connectivity index (χ0v) is 18.2. The number of quaternary nitrogens is 1. The molecule has 148 valence electrons. The molecule has 4 aromatic rings. The maximum absolute atomic E-state index is 10.9. The predicted molar refractivity (Wildman–Crippen MR) is 107 cm³/mol. The molecule has 3 aromatic heterocycles. The van der Waals surface area contributed by atoms with E-state index in [-0.39, 0.29) is 27.7 Å². The molecule has 0 atom stereocenters. The molecule has 0 fully saturated rings. The molecule has 0 amide bonds. The number of benzene rings is 1.